The molecule has 0 aliphatic carbocycles. The number of anilines is 2. The number of hydrogen-bond donors (Lipinski definition) is 3. The van der Waals surface area contributed by atoms with Gasteiger partial charge in [0.15, 0.2) is 5.82 Å². The van der Waals surface area contributed by atoms with Gasteiger partial charge >= 0.3 is 0 Å². The van der Waals surface area contributed by atoms with Gasteiger partial charge in [0.05, 0.1) is 10.6 Å². The fourth-order valence-electron chi connectivity index (χ4n) is 3.54. The van der Waals surface area contributed by atoms with E-state index in [1.807, 2.05) is 55.5 Å². The average Bonchev–Trinajstić information content (AvgIpc) is 2.93. The fourth-order valence-corrected chi connectivity index (χ4v) is 4.27. The Hall–Kier alpha value is -4.08. The molecule has 4 aromatic rings. The van der Waals surface area contributed by atoms with Crippen molar-refractivity contribution in [2.75, 3.05) is 24.3 Å². The van der Waals surface area contributed by atoms with Crippen molar-refractivity contribution >= 4 is 27.5 Å². The molecule has 0 amide bonds. The molecule has 4 rings (SSSR count). The van der Waals surface area contributed by atoms with E-state index >= 15 is 0 Å². The van der Waals surface area contributed by atoms with Gasteiger partial charge in [0.25, 0.3) is 0 Å². The second-order valence-electron chi connectivity index (χ2n) is 8.03. The number of hydrogen-bond acceptors (Lipinski definition) is 7. The Morgan fingerprint density at radius 3 is 2.25 bits per heavy atom. The number of nitrogens with zero attached hydrogens (tertiary/aromatic N) is 3. The smallest absolute Gasteiger partial charge is 0.240 e. The summed E-state index contributed by atoms with van der Waals surface area (Å²) in [6, 6.07) is 26.6. The summed E-state index contributed by atoms with van der Waals surface area (Å²) < 4.78 is 26.3. The van der Waals surface area contributed by atoms with Gasteiger partial charge in [0.1, 0.15) is 0 Å². The fraction of sp³-hybridized carbons (Fsp3) is 0.148. The summed E-state index contributed by atoms with van der Waals surface area (Å²) >= 11 is 0. The van der Waals surface area contributed by atoms with Crippen molar-refractivity contribution in [1.82, 2.24) is 14.7 Å². The van der Waals surface area contributed by atoms with E-state index in [1.165, 1.54) is 12.6 Å². The van der Waals surface area contributed by atoms with Crippen LogP contribution in [0.1, 0.15) is 18.1 Å². The van der Waals surface area contributed by atoms with Gasteiger partial charge in [-0.3, -0.25) is 5.43 Å². The average molecular weight is 501 g/mol. The molecule has 0 saturated carbocycles. The van der Waals surface area contributed by atoms with Gasteiger partial charge in [0.2, 0.25) is 16.0 Å². The standard InChI is InChI=1S/C27H28N6O2S/c1-20(22-13-15-24(16-14-22)36(34,35)28-2)32-33-26-25(23-11-7-4-8-12-23)19-30-27(31-26)29-18-17-21-9-5-3-6-10-21/h3-16,19,28H,17-18H2,1-2H3,(H2,29,30,31,33). The Bertz CT molecular complexity index is 1420. The minimum Gasteiger partial charge on any atom is -0.354 e. The molecule has 1 aromatic heterocycles. The van der Waals surface area contributed by atoms with Crippen molar-refractivity contribution in [3.63, 3.8) is 0 Å². The van der Waals surface area contributed by atoms with E-state index in [4.69, 9.17) is 0 Å². The molecule has 0 saturated heterocycles. The molecule has 9 heteroatoms. The van der Waals surface area contributed by atoms with Crippen LogP contribution in [0.2, 0.25) is 0 Å². The highest BCUT2D eigenvalue weighted by atomic mass is 32.2. The van der Waals surface area contributed by atoms with E-state index in [0.29, 0.717) is 24.0 Å². The molecule has 0 fully saturated rings. The Morgan fingerprint density at radius 1 is 0.917 bits per heavy atom. The first-order valence-electron chi connectivity index (χ1n) is 11.5. The van der Waals surface area contributed by atoms with Crippen LogP contribution in [-0.2, 0) is 16.4 Å². The van der Waals surface area contributed by atoms with E-state index in [-0.39, 0.29) is 4.90 Å². The summed E-state index contributed by atoms with van der Waals surface area (Å²) in [7, 11) is -2.11. The second-order valence-corrected chi connectivity index (χ2v) is 9.91. The van der Waals surface area contributed by atoms with Crippen LogP contribution in [0.25, 0.3) is 11.1 Å². The highest BCUT2D eigenvalue weighted by molar-refractivity contribution is 7.89. The summed E-state index contributed by atoms with van der Waals surface area (Å²) in [6.45, 7) is 2.54. The van der Waals surface area contributed by atoms with Gasteiger partial charge in [-0.1, -0.05) is 72.8 Å². The maximum Gasteiger partial charge on any atom is 0.240 e. The lowest BCUT2D eigenvalue weighted by molar-refractivity contribution is 0.588. The third kappa shape index (κ3) is 6.32. The Balaban J connectivity index is 1.54. The zero-order valence-corrected chi connectivity index (χ0v) is 21.0. The van der Waals surface area contributed by atoms with Crippen molar-refractivity contribution in [3.05, 3.63) is 102 Å². The van der Waals surface area contributed by atoms with Crippen molar-refractivity contribution < 1.29 is 8.42 Å². The van der Waals surface area contributed by atoms with Gasteiger partial charge in [0, 0.05) is 18.3 Å². The topological polar surface area (TPSA) is 108 Å². The third-order valence-corrected chi connectivity index (χ3v) is 7.02. The second kappa shape index (κ2) is 11.6. The van der Waals surface area contributed by atoms with Crippen LogP contribution in [0.4, 0.5) is 11.8 Å². The lowest BCUT2D eigenvalue weighted by Crippen LogP contribution is -2.18. The lowest BCUT2D eigenvalue weighted by atomic mass is 10.1. The van der Waals surface area contributed by atoms with E-state index in [0.717, 1.165) is 23.1 Å². The summed E-state index contributed by atoms with van der Waals surface area (Å²) in [4.78, 5) is 9.37. The molecule has 8 nitrogen and oxygen atoms in total. The maximum atomic E-state index is 12.0. The quantitative estimate of drug-likeness (QED) is 0.218. The molecule has 0 aliphatic rings. The third-order valence-electron chi connectivity index (χ3n) is 5.59. The molecule has 184 valence electrons. The molecule has 3 N–H and O–H groups in total. The van der Waals surface area contributed by atoms with Crippen molar-refractivity contribution in [1.29, 1.82) is 0 Å². The molecule has 3 aromatic carbocycles. The SMILES string of the molecule is CNS(=O)(=O)c1ccc(C(C)=NNc2nc(NCCc3ccccc3)ncc2-c2ccccc2)cc1. The first-order valence-corrected chi connectivity index (χ1v) is 13.0. The van der Waals surface area contributed by atoms with Crippen molar-refractivity contribution in [2.24, 2.45) is 5.10 Å². The molecule has 0 unspecified atom stereocenters. The highest BCUT2D eigenvalue weighted by Crippen LogP contribution is 2.26. The number of nitrogens with one attached hydrogen (secondary N) is 3. The van der Waals surface area contributed by atoms with Crippen LogP contribution in [0, 0.1) is 0 Å². The zero-order chi connectivity index (χ0) is 25.4. The van der Waals surface area contributed by atoms with E-state index in [2.05, 4.69) is 42.7 Å². The normalized spacial score (nSPS) is 11.8. The number of benzene rings is 3. The van der Waals surface area contributed by atoms with Crippen LogP contribution < -0.4 is 15.5 Å². The van der Waals surface area contributed by atoms with Crippen LogP contribution in [0.3, 0.4) is 0 Å². The minimum absolute atomic E-state index is 0.197. The molecule has 0 atom stereocenters. The summed E-state index contributed by atoms with van der Waals surface area (Å²) in [5, 5.41) is 7.80. The summed E-state index contributed by atoms with van der Waals surface area (Å²) in [5.41, 5.74) is 7.56. The molecular weight excluding hydrogens is 472 g/mol. The molecular formula is C27H28N6O2S. The van der Waals surface area contributed by atoms with Gasteiger partial charge < -0.3 is 5.32 Å². The van der Waals surface area contributed by atoms with Crippen LogP contribution >= 0.6 is 0 Å². The van der Waals surface area contributed by atoms with E-state index in [1.54, 1.807) is 30.5 Å². The molecule has 0 spiro atoms. The Kier molecular flexibility index (Phi) is 8.04. The summed E-state index contributed by atoms with van der Waals surface area (Å²) in [6.07, 6.45) is 2.63. The zero-order valence-electron chi connectivity index (χ0n) is 20.1. The number of rotatable bonds is 10. The Labute approximate surface area is 211 Å². The minimum atomic E-state index is -3.49. The number of aromatic nitrogens is 2. The first-order chi connectivity index (χ1) is 17.5. The highest BCUT2D eigenvalue weighted by Gasteiger charge is 2.12. The molecule has 1 heterocycles. The lowest BCUT2D eigenvalue weighted by Gasteiger charge is -2.12. The molecule has 0 radical (unpaired) electrons. The van der Waals surface area contributed by atoms with Gasteiger partial charge in [-0.25, -0.2) is 18.1 Å². The van der Waals surface area contributed by atoms with Gasteiger partial charge in [-0.2, -0.15) is 10.1 Å². The van der Waals surface area contributed by atoms with Gasteiger partial charge in [-0.15, -0.1) is 0 Å². The van der Waals surface area contributed by atoms with Crippen molar-refractivity contribution in [3.8, 4) is 11.1 Å². The molecule has 0 bridgehead atoms. The summed E-state index contributed by atoms with van der Waals surface area (Å²) in [5.74, 6) is 1.06. The number of hydrazone groups is 1. The largest absolute Gasteiger partial charge is 0.354 e. The first kappa shape index (κ1) is 25.0. The van der Waals surface area contributed by atoms with E-state index in [9.17, 15) is 8.42 Å². The van der Waals surface area contributed by atoms with Crippen LogP contribution in [0.5, 0.6) is 0 Å². The monoisotopic (exact) mass is 500 g/mol. The van der Waals surface area contributed by atoms with Crippen molar-refractivity contribution in [2.45, 2.75) is 18.2 Å². The van der Waals surface area contributed by atoms with Crippen LogP contribution in [0.15, 0.2) is 101 Å². The van der Waals surface area contributed by atoms with Crippen LogP contribution in [-0.4, -0.2) is 37.7 Å². The van der Waals surface area contributed by atoms with Gasteiger partial charge in [-0.05, 0) is 49.2 Å². The predicted molar refractivity (Wildman–Crippen MR) is 145 cm³/mol. The molecule has 36 heavy (non-hydrogen) atoms. The molecule has 0 aliphatic heterocycles. The predicted octanol–water partition coefficient (Wildman–Crippen LogP) is 4.54. The maximum absolute atomic E-state index is 12.0. The Morgan fingerprint density at radius 2 is 1.58 bits per heavy atom. The number of sulfonamides is 1. The van der Waals surface area contributed by atoms with E-state index < -0.39 is 10.0 Å².